The molecular weight excluding hydrogens is 320 g/mol. The van der Waals surface area contributed by atoms with Crippen LogP contribution in [0.2, 0.25) is 5.02 Å². The summed E-state index contributed by atoms with van der Waals surface area (Å²) in [5.41, 5.74) is 9.94. The number of aromatic nitrogens is 1. The number of halogens is 1. The highest BCUT2D eigenvalue weighted by molar-refractivity contribution is 6.30. The molecule has 0 saturated heterocycles. The van der Waals surface area contributed by atoms with Crippen molar-refractivity contribution in [3.8, 4) is 5.88 Å². The number of ether oxygens (including phenoxy) is 1. The second-order valence-electron chi connectivity index (χ2n) is 4.65. The molecule has 1 aromatic heterocycles. The molecule has 0 fully saturated rings. The molecule has 1 unspecified atom stereocenters. The van der Waals surface area contributed by atoms with Gasteiger partial charge in [-0.1, -0.05) is 34.9 Å². The standard InChI is InChI=1S/C15H13ClN4O3/c1-23-12-7-4-10(8-18-12)13(14(15(21)22)19-20-17)9-2-5-11(16)6-3-9/h2-8,13-14H,1H3,(H,21,22)/t13-,14?/m0/s1. The molecule has 118 valence electrons. The third-order valence-electron chi connectivity index (χ3n) is 3.30. The van der Waals surface area contributed by atoms with Crippen molar-refractivity contribution in [3.63, 3.8) is 0 Å². The molecule has 0 saturated carbocycles. The summed E-state index contributed by atoms with van der Waals surface area (Å²) in [6, 6.07) is 8.68. The molecule has 1 heterocycles. The van der Waals surface area contributed by atoms with Gasteiger partial charge in [-0.25, -0.2) is 4.98 Å². The molecule has 0 aliphatic carbocycles. The van der Waals surface area contributed by atoms with Gasteiger partial charge in [0, 0.05) is 28.1 Å². The van der Waals surface area contributed by atoms with Crippen LogP contribution in [0.5, 0.6) is 5.88 Å². The first-order chi connectivity index (χ1) is 11.1. The fourth-order valence-corrected chi connectivity index (χ4v) is 2.36. The lowest BCUT2D eigenvalue weighted by Crippen LogP contribution is -2.26. The number of carboxylic acid groups (broad SMARTS) is 1. The summed E-state index contributed by atoms with van der Waals surface area (Å²) in [5, 5.41) is 13.4. The molecule has 0 amide bonds. The molecular formula is C15H13ClN4O3. The molecule has 0 aliphatic heterocycles. The van der Waals surface area contributed by atoms with E-state index in [1.165, 1.54) is 13.3 Å². The smallest absolute Gasteiger partial charge is 0.313 e. The lowest BCUT2D eigenvalue weighted by Gasteiger charge is -2.21. The monoisotopic (exact) mass is 332 g/mol. The zero-order valence-electron chi connectivity index (χ0n) is 12.1. The highest BCUT2D eigenvalue weighted by atomic mass is 35.5. The minimum absolute atomic E-state index is 0.402. The summed E-state index contributed by atoms with van der Waals surface area (Å²) < 4.78 is 5.00. The summed E-state index contributed by atoms with van der Waals surface area (Å²) in [5.74, 6) is -1.52. The average molecular weight is 333 g/mol. The number of benzene rings is 1. The summed E-state index contributed by atoms with van der Waals surface area (Å²) in [4.78, 5) is 18.3. The van der Waals surface area contributed by atoms with Gasteiger partial charge in [0.25, 0.3) is 0 Å². The molecule has 2 aromatic rings. The van der Waals surface area contributed by atoms with Crippen molar-refractivity contribution in [1.29, 1.82) is 0 Å². The lowest BCUT2D eigenvalue weighted by molar-refractivity contribution is -0.138. The molecule has 0 spiro atoms. The highest BCUT2D eigenvalue weighted by Crippen LogP contribution is 2.31. The second-order valence-corrected chi connectivity index (χ2v) is 5.09. The Morgan fingerprint density at radius 1 is 1.30 bits per heavy atom. The normalized spacial score (nSPS) is 12.8. The fourth-order valence-electron chi connectivity index (χ4n) is 2.24. The molecule has 1 aromatic carbocycles. The molecule has 23 heavy (non-hydrogen) atoms. The average Bonchev–Trinajstić information content (AvgIpc) is 2.56. The Balaban J connectivity index is 2.55. The van der Waals surface area contributed by atoms with Crippen LogP contribution in [0.4, 0.5) is 0 Å². The van der Waals surface area contributed by atoms with E-state index in [2.05, 4.69) is 15.0 Å². The van der Waals surface area contributed by atoms with E-state index in [9.17, 15) is 9.90 Å². The van der Waals surface area contributed by atoms with E-state index in [1.807, 2.05) is 0 Å². The number of aliphatic carboxylic acids is 1. The number of azide groups is 1. The van der Waals surface area contributed by atoms with Gasteiger partial charge >= 0.3 is 5.97 Å². The van der Waals surface area contributed by atoms with Crippen LogP contribution >= 0.6 is 11.6 Å². The minimum Gasteiger partial charge on any atom is -0.481 e. The zero-order chi connectivity index (χ0) is 16.8. The first-order valence-electron chi connectivity index (χ1n) is 6.59. The topological polar surface area (TPSA) is 108 Å². The Labute approximate surface area is 137 Å². The van der Waals surface area contributed by atoms with Crippen molar-refractivity contribution >= 4 is 17.6 Å². The third kappa shape index (κ3) is 3.91. The molecule has 8 heteroatoms. The van der Waals surface area contributed by atoms with E-state index >= 15 is 0 Å². The van der Waals surface area contributed by atoms with Gasteiger partial charge in [0.1, 0.15) is 6.04 Å². The second kappa shape index (κ2) is 7.49. The van der Waals surface area contributed by atoms with Crippen molar-refractivity contribution in [2.24, 2.45) is 5.11 Å². The molecule has 2 atom stereocenters. The number of hydrogen-bond donors (Lipinski definition) is 1. The van der Waals surface area contributed by atoms with Crippen LogP contribution in [0.25, 0.3) is 10.4 Å². The molecule has 0 aliphatic rings. The van der Waals surface area contributed by atoms with Gasteiger partial charge in [-0.2, -0.15) is 0 Å². The number of methoxy groups -OCH3 is 1. The van der Waals surface area contributed by atoms with Crippen molar-refractivity contribution in [3.05, 3.63) is 69.2 Å². The first-order valence-corrected chi connectivity index (χ1v) is 6.97. The van der Waals surface area contributed by atoms with Gasteiger partial charge in [0.2, 0.25) is 5.88 Å². The first kappa shape index (κ1) is 16.6. The number of carboxylic acids is 1. The van der Waals surface area contributed by atoms with Crippen LogP contribution in [-0.4, -0.2) is 29.2 Å². The number of hydrogen-bond acceptors (Lipinski definition) is 4. The Hall–Kier alpha value is -2.76. The van der Waals surface area contributed by atoms with E-state index in [0.717, 1.165) is 0 Å². The predicted molar refractivity (Wildman–Crippen MR) is 84.7 cm³/mol. The minimum atomic E-state index is -1.31. The SMILES string of the molecule is COc1ccc([C@H](c2ccc(Cl)cc2)C(N=[N+]=[N-])C(=O)O)cn1. The summed E-state index contributed by atoms with van der Waals surface area (Å²) >= 11 is 5.88. The number of rotatable bonds is 6. The Morgan fingerprint density at radius 3 is 2.43 bits per heavy atom. The summed E-state index contributed by atoms with van der Waals surface area (Å²) in [7, 11) is 1.48. The van der Waals surface area contributed by atoms with Crippen LogP contribution in [0.3, 0.4) is 0 Å². The van der Waals surface area contributed by atoms with Crippen LogP contribution in [0.1, 0.15) is 17.0 Å². The molecule has 1 N–H and O–H groups in total. The number of carbonyl (C=O) groups is 1. The molecule has 0 bridgehead atoms. The van der Waals surface area contributed by atoms with Crippen molar-refractivity contribution in [2.75, 3.05) is 7.11 Å². The van der Waals surface area contributed by atoms with Crippen molar-refractivity contribution in [1.82, 2.24) is 4.98 Å². The Bertz CT molecular complexity index is 725. The van der Waals surface area contributed by atoms with E-state index < -0.39 is 17.9 Å². The lowest BCUT2D eigenvalue weighted by atomic mass is 9.86. The van der Waals surface area contributed by atoms with Crippen LogP contribution in [-0.2, 0) is 4.79 Å². The van der Waals surface area contributed by atoms with Gasteiger partial charge in [-0.15, -0.1) is 0 Å². The maximum atomic E-state index is 11.5. The maximum Gasteiger partial charge on any atom is 0.313 e. The van der Waals surface area contributed by atoms with Gasteiger partial charge in [0.05, 0.1) is 7.11 Å². The largest absolute Gasteiger partial charge is 0.481 e. The molecule has 7 nitrogen and oxygen atoms in total. The highest BCUT2D eigenvalue weighted by Gasteiger charge is 2.30. The third-order valence-corrected chi connectivity index (χ3v) is 3.55. The van der Waals surface area contributed by atoms with E-state index in [0.29, 0.717) is 22.0 Å². The molecule has 0 radical (unpaired) electrons. The Morgan fingerprint density at radius 2 is 1.96 bits per heavy atom. The van der Waals surface area contributed by atoms with Gasteiger partial charge in [0.15, 0.2) is 0 Å². The zero-order valence-corrected chi connectivity index (χ0v) is 12.9. The van der Waals surface area contributed by atoms with Gasteiger partial charge < -0.3 is 9.84 Å². The number of pyridine rings is 1. The van der Waals surface area contributed by atoms with Gasteiger partial charge in [-0.05, 0) is 28.8 Å². The van der Waals surface area contributed by atoms with Crippen LogP contribution in [0, 0.1) is 0 Å². The fraction of sp³-hybridized carbons (Fsp3) is 0.200. The van der Waals surface area contributed by atoms with E-state index in [-0.39, 0.29) is 0 Å². The summed E-state index contributed by atoms with van der Waals surface area (Å²) in [6.45, 7) is 0. The number of nitrogens with zero attached hydrogens (tertiary/aromatic N) is 4. The quantitative estimate of drug-likeness (QED) is 0.494. The van der Waals surface area contributed by atoms with Gasteiger partial charge in [-0.3, -0.25) is 4.79 Å². The van der Waals surface area contributed by atoms with Crippen LogP contribution in [0.15, 0.2) is 47.7 Å². The van der Waals surface area contributed by atoms with Crippen molar-refractivity contribution < 1.29 is 14.6 Å². The summed E-state index contributed by atoms with van der Waals surface area (Å²) in [6.07, 6.45) is 1.50. The Kier molecular flexibility index (Phi) is 5.41. The maximum absolute atomic E-state index is 11.5. The molecule has 2 rings (SSSR count). The predicted octanol–water partition coefficient (Wildman–Crippen LogP) is 3.64. The van der Waals surface area contributed by atoms with Crippen molar-refractivity contribution in [2.45, 2.75) is 12.0 Å². The van der Waals surface area contributed by atoms with E-state index in [1.54, 1.807) is 36.4 Å². The van der Waals surface area contributed by atoms with Crippen LogP contribution < -0.4 is 4.74 Å². The van der Waals surface area contributed by atoms with E-state index in [4.69, 9.17) is 21.9 Å².